The van der Waals surface area contributed by atoms with E-state index in [9.17, 15) is 9.59 Å². The molecule has 2 atom stereocenters. The third-order valence-corrected chi connectivity index (χ3v) is 1.64. The Morgan fingerprint density at radius 1 is 1.12 bits per heavy atom. The molecule has 0 aliphatic heterocycles. The van der Waals surface area contributed by atoms with Gasteiger partial charge in [0.05, 0.1) is 7.11 Å². The molecular weight excluding hydrogens is 232 g/mol. The Hall–Kier alpha value is -1.22. The van der Waals surface area contributed by atoms with Gasteiger partial charge < -0.3 is 31.5 Å². The van der Waals surface area contributed by atoms with Gasteiger partial charge in [-0.3, -0.25) is 0 Å². The maximum absolute atomic E-state index is 10.4. The van der Waals surface area contributed by atoms with Crippen LogP contribution < -0.4 is 11.5 Å². The van der Waals surface area contributed by atoms with Crippen LogP contribution in [0.3, 0.4) is 0 Å². The molecule has 0 aliphatic rings. The van der Waals surface area contributed by atoms with Crippen LogP contribution >= 0.6 is 0 Å². The number of carboxylic acid groups (broad SMARTS) is 1. The van der Waals surface area contributed by atoms with E-state index < -0.39 is 24.1 Å². The largest absolute Gasteiger partial charge is 0.479 e. The number of carboxylic acids is 1. The first kappa shape index (κ1) is 18.2. The fourth-order valence-corrected chi connectivity index (χ4v) is 0.693. The molecule has 0 fully saturated rings. The lowest BCUT2D eigenvalue weighted by Crippen LogP contribution is -2.24. The third kappa shape index (κ3) is 11.1. The molecule has 0 aromatic heterocycles. The summed E-state index contributed by atoms with van der Waals surface area (Å²) >= 11 is 0. The molecule has 2 unspecified atom stereocenters. The number of aliphatic hydroxyl groups is 2. The second kappa shape index (κ2) is 11.3. The predicted molar refractivity (Wildman–Crippen MR) is 59.0 cm³/mol. The van der Waals surface area contributed by atoms with Gasteiger partial charge in [0.2, 0.25) is 0 Å². The predicted octanol–water partition coefficient (Wildman–Crippen LogP) is -2.35. The highest BCUT2D eigenvalue weighted by molar-refractivity contribution is 5.74. The molecule has 0 heterocycles. The van der Waals surface area contributed by atoms with Gasteiger partial charge in [0.1, 0.15) is 0 Å². The van der Waals surface area contributed by atoms with Crippen LogP contribution in [-0.4, -0.2) is 59.7 Å². The smallest absolute Gasteiger partial charge is 0.334 e. The van der Waals surface area contributed by atoms with Crippen molar-refractivity contribution in [3.8, 4) is 0 Å². The first-order valence-corrected chi connectivity index (χ1v) is 4.97. The zero-order valence-corrected chi connectivity index (χ0v) is 9.70. The fourth-order valence-electron chi connectivity index (χ4n) is 0.693. The van der Waals surface area contributed by atoms with E-state index in [0.717, 1.165) is 0 Å². The molecule has 0 aromatic rings. The number of esters is 1. The van der Waals surface area contributed by atoms with Gasteiger partial charge in [-0.2, -0.15) is 0 Å². The first-order chi connectivity index (χ1) is 7.90. The van der Waals surface area contributed by atoms with Gasteiger partial charge >= 0.3 is 11.9 Å². The Morgan fingerprint density at radius 2 is 1.53 bits per heavy atom. The lowest BCUT2D eigenvalue weighted by Gasteiger charge is -2.04. The summed E-state index contributed by atoms with van der Waals surface area (Å²) in [7, 11) is 1.22. The van der Waals surface area contributed by atoms with Crippen molar-refractivity contribution in [2.45, 2.75) is 25.0 Å². The fraction of sp³-hybridized carbons (Fsp3) is 0.778. The van der Waals surface area contributed by atoms with Crippen molar-refractivity contribution in [2.24, 2.45) is 11.5 Å². The van der Waals surface area contributed by atoms with Crippen LogP contribution in [0.1, 0.15) is 12.8 Å². The second-order valence-electron chi connectivity index (χ2n) is 3.05. The van der Waals surface area contributed by atoms with Crippen molar-refractivity contribution in [3.63, 3.8) is 0 Å². The van der Waals surface area contributed by atoms with Crippen molar-refractivity contribution in [1.82, 2.24) is 0 Å². The molecule has 0 amide bonds. The van der Waals surface area contributed by atoms with E-state index in [1.165, 1.54) is 7.11 Å². The lowest BCUT2D eigenvalue weighted by atomic mass is 10.2. The van der Waals surface area contributed by atoms with E-state index in [1.807, 2.05) is 0 Å². The number of methoxy groups -OCH3 is 1. The molecule has 0 aromatic carbocycles. The number of aliphatic hydroxyl groups excluding tert-OH is 2. The van der Waals surface area contributed by atoms with Crippen LogP contribution in [-0.2, 0) is 14.3 Å². The molecule has 0 aliphatic carbocycles. The van der Waals surface area contributed by atoms with Crippen LogP contribution in [0, 0.1) is 0 Å². The lowest BCUT2D eigenvalue weighted by molar-refractivity contribution is -0.150. The zero-order chi connectivity index (χ0) is 13.8. The minimum Gasteiger partial charge on any atom is -0.479 e. The summed E-state index contributed by atoms with van der Waals surface area (Å²) in [6.07, 6.45) is -1.97. The van der Waals surface area contributed by atoms with Crippen LogP contribution in [0.15, 0.2) is 0 Å². The highest BCUT2D eigenvalue weighted by atomic mass is 16.5. The van der Waals surface area contributed by atoms with E-state index in [4.69, 9.17) is 26.8 Å². The molecule has 0 spiro atoms. The first-order valence-electron chi connectivity index (χ1n) is 4.97. The van der Waals surface area contributed by atoms with E-state index in [2.05, 4.69) is 4.74 Å². The van der Waals surface area contributed by atoms with Crippen LogP contribution in [0.25, 0.3) is 0 Å². The Labute approximate surface area is 99.2 Å². The van der Waals surface area contributed by atoms with Crippen LogP contribution in [0.4, 0.5) is 0 Å². The second-order valence-corrected chi connectivity index (χ2v) is 3.05. The number of hydrogen-bond acceptors (Lipinski definition) is 7. The Bertz CT molecular complexity index is 224. The average molecular weight is 252 g/mol. The molecule has 102 valence electrons. The highest BCUT2D eigenvalue weighted by Crippen LogP contribution is 1.90. The maximum atomic E-state index is 10.4. The van der Waals surface area contributed by atoms with Crippen molar-refractivity contribution >= 4 is 11.9 Å². The third-order valence-electron chi connectivity index (χ3n) is 1.64. The van der Waals surface area contributed by atoms with E-state index in [1.54, 1.807) is 0 Å². The van der Waals surface area contributed by atoms with Crippen molar-refractivity contribution < 1.29 is 29.6 Å². The van der Waals surface area contributed by atoms with Gasteiger partial charge in [0.25, 0.3) is 0 Å². The molecule has 0 bridgehead atoms. The number of carbonyl (C=O) groups is 2. The van der Waals surface area contributed by atoms with Gasteiger partial charge in [0.15, 0.2) is 12.2 Å². The van der Waals surface area contributed by atoms with Gasteiger partial charge in [-0.15, -0.1) is 0 Å². The molecular formula is C9H20N2O6. The topological polar surface area (TPSA) is 156 Å². The molecule has 8 heteroatoms. The van der Waals surface area contributed by atoms with E-state index in [0.29, 0.717) is 0 Å². The summed E-state index contributed by atoms with van der Waals surface area (Å²) in [6.45, 7) is 0.490. The minimum atomic E-state index is -1.29. The molecule has 7 N–H and O–H groups in total. The molecule has 17 heavy (non-hydrogen) atoms. The molecule has 8 nitrogen and oxygen atoms in total. The molecule has 0 saturated heterocycles. The average Bonchev–Trinajstić information content (AvgIpc) is 2.29. The van der Waals surface area contributed by atoms with Crippen molar-refractivity contribution in [2.75, 3.05) is 20.2 Å². The van der Waals surface area contributed by atoms with Crippen molar-refractivity contribution in [3.05, 3.63) is 0 Å². The van der Waals surface area contributed by atoms with E-state index >= 15 is 0 Å². The normalized spacial score (nSPS) is 13.0. The summed E-state index contributed by atoms with van der Waals surface area (Å²) < 4.78 is 4.22. The Morgan fingerprint density at radius 3 is 1.76 bits per heavy atom. The van der Waals surface area contributed by atoms with Gasteiger partial charge in [-0.05, 0) is 25.9 Å². The number of nitrogens with two attached hydrogens (primary N) is 2. The number of rotatable bonds is 6. The standard InChI is InChI=1S/C5H11NO3.C4H9NO3/c1-9-5(8)4(7)2-3-6;5-2-1-3(6)4(7)8/h4,7H,2-3,6H2,1H3;3,6H,1-2,5H2,(H,7,8). The highest BCUT2D eigenvalue weighted by Gasteiger charge is 2.12. The van der Waals surface area contributed by atoms with Gasteiger partial charge in [-0.1, -0.05) is 0 Å². The molecule has 0 radical (unpaired) electrons. The number of aliphatic carboxylic acids is 1. The van der Waals surface area contributed by atoms with Crippen LogP contribution in [0.5, 0.6) is 0 Å². The zero-order valence-electron chi connectivity index (χ0n) is 9.70. The molecule has 0 saturated carbocycles. The number of carbonyl (C=O) groups excluding carboxylic acids is 1. The maximum Gasteiger partial charge on any atom is 0.334 e. The summed E-state index contributed by atoms with van der Waals surface area (Å²) in [5.74, 6) is -1.84. The number of hydrogen-bond donors (Lipinski definition) is 5. The monoisotopic (exact) mass is 252 g/mol. The van der Waals surface area contributed by atoms with Gasteiger partial charge in [0, 0.05) is 0 Å². The SMILES string of the molecule is COC(=O)C(O)CCN.NCCC(O)C(=O)O. The summed E-state index contributed by atoms with van der Waals surface area (Å²) in [5, 5.41) is 25.2. The quantitative estimate of drug-likeness (QED) is 0.329. The Kier molecular flexibility index (Phi) is 12.0. The summed E-state index contributed by atoms with van der Waals surface area (Å²) in [5.41, 5.74) is 10.00. The van der Waals surface area contributed by atoms with E-state index in [-0.39, 0.29) is 25.9 Å². The summed E-state index contributed by atoms with van der Waals surface area (Å²) in [6, 6.07) is 0. The van der Waals surface area contributed by atoms with Crippen LogP contribution in [0.2, 0.25) is 0 Å². The Balaban J connectivity index is 0. The summed E-state index contributed by atoms with van der Waals surface area (Å²) in [4.78, 5) is 20.2. The van der Waals surface area contributed by atoms with Crippen molar-refractivity contribution in [1.29, 1.82) is 0 Å². The van der Waals surface area contributed by atoms with Gasteiger partial charge in [-0.25, -0.2) is 9.59 Å². The minimum absolute atomic E-state index is 0.120. The number of ether oxygens (including phenoxy) is 1. The molecule has 0 rings (SSSR count).